The quantitative estimate of drug-likeness (QED) is 0.802. The monoisotopic (exact) mass is 272 g/mol. The van der Waals surface area contributed by atoms with Gasteiger partial charge in [0.1, 0.15) is 5.60 Å². The number of hydrogen-bond acceptors (Lipinski definition) is 1. The highest BCUT2D eigenvalue weighted by atomic mass is 16.3. The van der Waals surface area contributed by atoms with Crippen LogP contribution in [0.15, 0.2) is 24.3 Å². The van der Waals surface area contributed by atoms with Crippen molar-refractivity contribution in [1.82, 2.24) is 0 Å². The molecule has 20 heavy (non-hydrogen) atoms. The summed E-state index contributed by atoms with van der Waals surface area (Å²) in [5.74, 6) is 6.59. The first kappa shape index (κ1) is 16.8. The molecule has 1 nitrogen and oxygen atoms in total. The van der Waals surface area contributed by atoms with Crippen LogP contribution in [0.2, 0.25) is 0 Å². The second-order valence-electron chi connectivity index (χ2n) is 7.07. The standard InChI is InChI=1S/C19H28O/c1-7-15(2)14-19(6,20)13-12-16-8-10-17(11-9-16)18(3,4)5/h8-11,15,20H,7,14H2,1-6H3. The minimum absolute atomic E-state index is 0.161. The molecule has 0 amide bonds. The highest BCUT2D eigenvalue weighted by Gasteiger charge is 2.19. The van der Waals surface area contributed by atoms with Crippen molar-refractivity contribution in [3.05, 3.63) is 35.4 Å². The molecule has 0 aliphatic rings. The maximum absolute atomic E-state index is 10.3. The van der Waals surface area contributed by atoms with Crippen molar-refractivity contribution >= 4 is 0 Å². The zero-order valence-corrected chi connectivity index (χ0v) is 13.7. The summed E-state index contributed by atoms with van der Waals surface area (Å²) in [7, 11) is 0. The molecule has 1 aromatic carbocycles. The average Bonchev–Trinajstić information content (AvgIpc) is 2.35. The van der Waals surface area contributed by atoms with E-state index in [4.69, 9.17) is 0 Å². The van der Waals surface area contributed by atoms with E-state index in [1.54, 1.807) is 6.92 Å². The summed E-state index contributed by atoms with van der Waals surface area (Å²) in [5, 5.41) is 10.3. The molecular weight excluding hydrogens is 244 g/mol. The van der Waals surface area contributed by atoms with Crippen LogP contribution in [0.3, 0.4) is 0 Å². The first-order valence-corrected chi connectivity index (χ1v) is 7.50. The Kier molecular flexibility index (Phi) is 5.42. The molecule has 0 fully saturated rings. The Morgan fingerprint density at radius 1 is 1.10 bits per heavy atom. The fourth-order valence-corrected chi connectivity index (χ4v) is 2.13. The van der Waals surface area contributed by atoms with Gasteiger partial charge in [-0.05, 0) is 42.4 Å². The zero-order chi connectivity index (χ0) is 15.4. The molecule has 1 rings (SSSR count). The van der Waals surface area contributed by atoms with Crippen LogP contribution in [0.25, 0.3) is 0 Å². The van der Waals surface area contributed by atoms with Crippen molar-refractivity contribution in [2.45, 2.75) is 65.4 Å². The topological polar surface area (TPSA) is 20.2 Å². The van der Waals surface area contributed by atoms with Gasteiger partial charge in [0.05, 0.1) is 0 Å². The molecule has 0 aliphatic carbocycles. The number of rotatable bonds is 3. The third kappa shape index (κ3) is 5.39. The predicted molar refractivity (Wildman–Crippen MR) is 86.7 cm³/mol. The Balaban J connectivity index is 2.82. The molecule has 0 heterocycles. The zero-order valence-electron chi connectivity index (χ0n) is 13.7. The maximum atomic E-state index is 10.3. The molecule has 0 aromatic heterocycles. The third-order valence-corrected chi connectivity index (χ3v) is 3.67. The summed E-state index contributed by atoms with van der Waals surface area (Å²) in [6, 6.07) is 8.31. The molecule has 2 atom stereocenters. The molecule has 0 spiro atoms. The SMILES string of the molecule is CCC(C)CC(C)(O)C#Cc1ccc(C(C)(C)C)cc1. The Hall–Kier alpha value is -1.26. The van der Waals surface area contributed by atoms with Gasteiger partial charge >= 0.3 is 0 Å². The van der Waals surface area contributed by atoms with Crippen molar-refractivity contribution < 1.29 is 5.11 Å². The summed E-state index contributed by atoms with van der Waals surface area (Å²) in [5.41, 5.74) is 1.52. The van der Waals surface area contributed by atoms with E-state index in [-0.39, 0.29) is 5.41 Å². The van der Waals surface area contributed by atoms with E-state index in [9.17, 15) is 5.11 Å². The molecule has 0 saturated heterocycles. The van der Waals surface area contributed by atoms with Crippen molar-refractivity contribution in [2.75, 3.05) is 0 Å². The Labute approximate surface area is 124 Å². The van der Waals surface area contributed by atoms with Crippen LogP contribution in [0.1, 0.15) is 65.5 Å². The Bertz CT molecular complexity index is 477. The summed E-state index contributed by atoms with van der Waals surface area (Å²) in [6.45, 7) is 12.7. The molecular formula is C19H28O. The van der Waals surface area contributed by atoms with Gasteiger partial charge in [0.25, 0.3) is 0 Å². The van der Waals surface area contributed by atoms with E-state index in [1.807, 2.05) is 12.1 Å². The molecule has 0 saturated carbocycles. The lowest BCUT2D eigenvalue weighted by molar-refractivity contribution is 0.0939. The Morgan fingerprint density at radius 2 is 1.65 bits per heavy atom. The van der Waals surface area contributed by atoms with Gasteiger partial charge < -0.3 is 5.11 Å². The van der Waals surface area contributed by atoms with Crippen LogP contribution in [0, 0.1) is 17.8 Å². The van der Waals surface area contributed by atoms with Gasteiger partial charge in [-0.25, -0.2) is 0 Å². The first-order chi connectivity index (χ1) is 9.14. The van der Waals surface area contributed by atoms with Gasteiger partial charge in [-0.2, -0.15) is 0 Å². The second kappa shape index (κ2) is 6.46. The lowest BCUT2D eigenvalue weighted by atomic mass is 9.86. The van der Waals surface area contributed by atoms with E-state index in [0.717, 1.165) is 18.4 Å². The van der Waals surface area contributed by atoms with Gasteiger partial charge in [0.15, 0.2) is 0 Å². The molecule has 1 heteroatoms. The third-order valence-electron chi connectivity index (χ3n) is 3.67. The average molecular weight is 272 g/mol. The number of benzene rings is 1. The van der Waals surface area contributed by atoms with Gasteiger partial charge in [-0.3, -0.25) is 0 Å². The molecule has 2 unspecified atom stereocenters. The van der Waals surface area contributed by atoms with E-state index >= 15 is 0 Å². The predicted octanol–water partition coefficient (Wildman–Crippen LogP) is 4.52. The van der Waals surface area contributed by atoms with Crippen LogP contribution in [0.4, 0.5) is 0 Å². The van der Waals surface area contributed by atoms with Crippen LogP contribution in [-0.4, -0.2) is 10.7 Å². The molecule has 1 N–H and O–H groups in total. The van der Waals surface area contributed by atoms with Crippen molar-refractivity contribution in [3.63, 3.8) is 0 Å². The van der Waals surface area contributed by atoms with Crippen LogP contribution in [-0.2, 0) is 5.41 Å². The van der Waals surface area contributed by atoms with Crippen molar-refractivity contribution in [2.24, 2.45) is 5.92 Å². The normalized spacial score (nSPS) is 15.9. The fraction of sp³-hybridized carbons (Fsp3) is 0.579. The summed E-state index contributed by atoms with van der Waals surface area (Å²) < 4.78 is 0. The highest BCUT2D eigenvalue weighted by molar-refractivity contribution is 5.39. The first-order valence-electron chi connectivity index (χ1n) is 7.50. The molecule has 110 valence electrons. The smallest absolute Gasteiger partial charge is 0.123 e. The van der Waals surface area contributed by atoms with Gasteiger partial charge in [-0.1, -0.05) is 65.0 Å². The molecule has 1 aromatic rings. The summed E-state index contributed by atoms with van der Waals surface area (Å²) in [4.78, 5) is 0. The van der Waals surface area contributed by atoms with Gasteiger partial charge in [0, 0.05) is 5.56 Å². The van der Waals surface area contributed by atoms with Crippen LogP contribution >= 0.6 is 0 Å². The van der Waals surface area contributed by atoms with E-state index < -0.39 is 5.60 Å². The number of aliphatic hydroxyl groups is 1. The van der Waals surface area contributed by atoms with Crippen LogP contribution < -0.4 is 0 Å². The molecule has 0 radical (unpaired) electrons. The fourth-order valence-electron chi connectivity index (χ4n) is 2.13. The van der Waals surface area contributed by atoms with Gasteiger partial charge in [-0.15, -0.1) is 0 Å². The van der Waals surface area contributed by atoms with E-state index in [1.165, 1.54) is 5.56 Å². The maximum Gasteiger partial charge on any atom is 0.123 e. The summed E-state index contributed by atoms with van der Waals surface area (Å²) in [6.07, 6.45) is 1.79. The van der Waals surface area contributed by atoms with E-state index in [0.29, 0.717) is 5.92 Å². The lowest BCUT2D eigenvalue weighted by Crippen LogP contribution is -2.24. The Morgan fingerprint density at radius 3 is 2.10 bits per heavy atom. The summed E-state index contributed by atoms with van der Waals surface area (Å²) >= 11 is 0. The van der Waals surface area contributed by atoms with Crippen LogP contribution in [0.5, 0.6) is 0 Å². The minimum Gasteiger partial charge on any atom is -0.378 e. The highest BCUT2D eigenvalue weighted by Crippen LogP contribution is 2.22. The van der Waals surface area contributed by atoms with Crippen molar-refractivity contribution in [3.8, 4) is 11.8 Å². The van der Waals surface area contributed by atoms with Crippen molar-refractivity contribution in [1.29, 1.82) is 0 Å². The molecule has 0 bridgehead atoms. The lowest BCUT2D eigenvalue weighted by Gasteiger charge is -2.20. The molecule has 0 aliphatic heterocycles. The van der Waals surface area contributed by atoms with E-state index in [2.05, 4.69) is 58.6 Å². The second-order valence-corrected chi connectivity index (χ2v) is 7.07. The number of hydrogen-bond donors (Lipinski definition) is 1. The van der Waals surface area contributed by atoms with Gasteiger partial charge in [0.2, 0.25) is 0 Å². The minimum atomic E-state index is -0.905. The largest absolute Gasteiger partial charge is 0.378 e.